The van der Waals surface area contributed by atoms with E-state index in [2.05, 4.69) is 11.4 Å². The molecule has 0 aliphatic heterocycles. The Kier molecular flexibility index (Phi) is 4.53. The van der Waals surface area contributed by atoms with Crippen LogP contribution in [0.1, 0.15) is 37.7 Å². The molecule has 1 aliphatic carbocycles. The number of anilines is 1. The van der Waals surface area contributed by atoms with Crippen LogP contribution in [0.5, 0.6) is 0 Å². The van der Waals surface area contributed by atoms with Crippen molar-refractivity contribution in [2.75, 3.05) is 5.32 Å². The first kappa shape index (κ1) is 13.6. The number of hydrogen-bond acceptors (Lipinski definition) is 3. The minimum atomic E-state index is -0.0110. The Balaban J connectivity index is 1.89. The van der Waals surface area contributed by atoms with Crippen molar-refractivity contribution in [2.24, 2.45) is 11.7 Å². The van der Waals surface area contributed by atoms with Gasteiger partial charge in [0.1, 0.15) is 6.07 Å². The molecule has 1 amide bonds. The molecule has 2 rings (SSSR count). The molecule has 0 aromatic heterocycles. The van der Waals surface area contributed by atoms with Crippen molar-refractivity contribution < 1.29 is 4.79 Å². The van der Waals surface area contributed by atoms with Gasteiger partial charge in [0.15, 0.2) is 0 Å². The second kappa shape index (κ2) is 6.35. The van der Waals surface area contributed by atoms with Crippen molar-refractivity contribution in [2.45, 2.75) is 38.1 Å². The van der Waals surface area contributed by atoms with Crippen molar-refractivity contribution >= 4 is 11.6 Å². The average Bonchev–Trinajstić information content (AvgIpc) is 2.42. The third-order valence-corrected chi connectivity index (χ3v) is 3.69. The topological polar surface area (TPSA) is 78.9 Å². The SMILES string of the molecule is N#Cc1ccccc1NC(=O)CC1CCC(N)CC1. The van der Waals surface area contributed by atoms with Crippen molar-refractivity contribution in [3.63, 3.8) is 0 Å². The number of nitrogens with two attached hydrogens (primary N) is 1. The number of rotatable bonds is 3. The van der Waals surface area contributed by atoms with Gasteiger partial charge in [-0.15, -0.1) is 0 Å². The largest absolute Gasteiger partial charge is 0.328 e. The van der Waals surface area contributed by atoms with Crippen LogP contribution in [0.4, 0.5) is 5.69 Å². The number of nitriles is 1. The van der Waals surface area contributed by atoms with E-state index in [1.54, 1.807) is 18.2 Å². The van der Waals surface area contributed by atoms with Crippen molar-refractivity contribution in [1.29, 1.82) is 5.26 Å². The molecule has 4 nitrogen and oxygen atoms in total. The van der Waals surface area contributed by atoms with E-state index in [0.717, 1.165) is 25.7 Å². The fraction of sp³-hybridized carbons (Fsp3) is 0.467. The number of amides is 1. The summed E-state index contributed by atoms with van der Waals surface area (Å²) in [6, 6.07) is 9.45. The normalized spacial score (nSPS) is 22.5. The van der Waals surface area contributed by atoms with Crippen LogP contribution in [0.3, 0.4) is 0 Å². The molecule has 0 heterocycles. The molecule has 0 radical (unpaired) electrons. The lowest BCUT2D eigenvalue weighted by atomic mass is 9.84. The van der Waals surface area contributed by atoms with Crippen LogP contribution in [0, 0.1) is 17.2 Å². The van der Waals surface area contributed by atoms with E-state index in [4.69, 9.17) is 11.0 Å². The summed E-state index contributed by atoms with van der Waals surface area (Å²) in [6.07, 6.45) is 4.58. The van der Waals surface area contributed by atoms with E-state index < -0.39 is 0 Å². The van der Waals surface area contributed by atoms with E-state index in [-0.39, 0.29) is 5.91 Å². The Morgan fingerprint density at radius 1 is 1.32 bits per heavy atom. The maximum Gasteiger partial charge on any atom is 0.224 e. The summed E-state index contributed by atoms with van der Waals surface area (Å²) in [7, 11) is 0. The highest BCUT2D eigenvalue weighted by Crippen LogP contribution is 2.26. The Bertz CT molecular complexity index is 484. The number of nitrogens with one attached hydrogen (secondary N) is 1. The average molecular weight is 257 g/mol. The van der Waals surface area contributed by atoms with Crippen LogP contribution >= 0.6 is 0 Å². The molecular formula is C15H19N3O. The van der Waals surface area contributed by atoms with Crippen molar-refractivity contribution in [1.82, 2.24) is 0 Å². The Hall–Kier alpha value is -1.86. The quantitative estimate of drug-likeness (QED) is 0.872. The number of para-hydroxylation sites is 1. The smallest absolute Gasteiger partial charge is 0.224 e. The highest BCUT2D eigenvalue weighted by atomic mass is 16.1. The molecule has 1 aromatic rings. The first-order chi connectivity index (χ1) is 9.19. The Morgan fingerprint density at radius 2 is 2.00 bits per heavy atom. The zero-order chi connectivity index (χ0) is 13.7. The number of benzene rings is 1. The van der Waals surface area contributed by atoms with Gasteiger partial charge >= 0.3 is 0 Å². The summed E-state index contributed by atoms with van der Waals surface area (Å²) in [4.78, 5) is 12.0. The summed E-state index contributed by atoms with van der Waals surface area (Å²) in [5.74, 6) is 0.414. The summed E-state index contributed by atoms with van der Waals surface area (Å²) >= 11 is 0. The molecule has 0 saturated heterocycles. The van der Waals surface area contributed by atoms with Gasteiger partial charge < -0.3 is 11.1 Å². The minimum absolute atomic E-state index is 0.0110. The monoisotopic (exact) mass is 257 g/mol. The van der Waals surface area contributed by atoms with Gasteiger partial charge in [-0.2, -0.15) is 5.26 Å². The molecule has 0 spiro atoms. The maximum atomic E-state index is 12.0. The standard InChI is InChI=1S/C15H19N3O/c16-10-12-3-1-2-4-14(12)18-15(19)9-11-5-7-13(17)8-6-11/h1-4,11,13H,5-9,17H2,(H,18,19). The van der Waals surface area contributed by atoms with Crippen LogP contribution in [0.15, 0.2) is 24.3 Å². The lowest BCUT2D eigenvalue weighted by Gasteiger charge is -2.25. The van der Waals surface area contributed by atoms with Crippen molar-refractivity contribution in [3.8, 4) is 6.07 Å². The predicted octanol–water partition coefficient (Wildman–Crippen LogP) is 2.40. The van der Waals surface area contributed by atoms with Gasteiger partial charge in [-0.05, 0) is 43.7 Å². The molecule has 4 heteroatoms. The molecule has 0 bridgehead atoms. The van der Waals surface area contributed by atoms with Crippen LogP contribution < -0.4 is 11.1 Å². The first-order valence-corrected chi connectivity index (χ1v) is 6.73. The number of carbonyl (C=O) groups is 1. The fourth-order valence-electron chi connectivity index (χ4n) is 2.55. The highest BCUT2D eigenvalue weighted by Gasteiger charge is 2.21. The fourth-order valence-corrected chi connectivity index (χ4v) is 2.55. The van der Waals surface area contributed by atoms with E-state index in [1.165, 1.54) is 0 Å². The molecule has 1 aliphatic rings. The minimum Gasteiger partial charge on any atom is -0.328 e. The number of nitrogens with zero attached hydrogens (tertiary/aromatic N) is 1. The molecule has 0 atom stereocenters. The van der Waals surface area contributed by atoms with Gasteiger partial charge in [0.05, 0.1) is 11.3 Å². The molecular weight excluding hydrogens is 238 g/mol. The molecule has 100 valence electrons. The van der Waals surface area contributed by atoms with E-state index in [9.17, 15) is 4.79 Å². The molecule has 1 fully saturated rings. The zero-order valence-electron chi connectivity index (χ0n) is 10.9. The second-order valence-corrected chi connectivity index (χ2v) is 5.19. The molecule has 0 unspecified atom stereocenters. The van der Waals surface area contributed by atoms with Gasteiger partial charge in [0.25, 0.3) is 0 Å². The third kappa shape index (κ3) is 3.80. The van der Waals surface area contributed by atoms with E-state index in [0.29, 0.717) is 29.6 Å². The van der Waals surface area contributed by atoms with Crippen molar-refractivity contribution in [3.05, 3.63) is 29.8 Å². The van der Waals surface area contributed by atoms with Gasteiger partial charge in [-0.25, -0.2) is 0 Å². The van der Waals surface area contributed by atoms with E-state index in [1.807, 2.05) is 6.07 Å². The van der Waals surface area contributed by atoms with Gasteiger partial charge in [-0.3, -0.25) is 4.79 Å². The summed E-state index contributed by atoms with van der Waals surface area (Å²) in [6.45, 7) is 0. The van der Waals surface area contributed by atoms with Crippen LogP contribution in [0.2, 0.25) is 0 Å². The number of hydrogen-bond donors (Lipinski definition) is 2. The molecule has 1 aromatic carbocycles. The first-order valence-electron chi connectivity index (χ1n) is 6.73. The van der Waals surface area contributed by atoms with E-state index >= 15 is 0 Å². The summed E-state index contributed by atoms with van der Waals surface area (Å²) in [5.41, 5.74) is 6.95. The molecule has 3 N–H and O–H groups in total. The van der Waals surface area contributed by atoms with Crippen LogP contribution in [-0.2, 0) is 4.79 Å². The summed E-state index contributed by atoms with van der Waals surface area (Å²) < 4.78 is 0. The van der Waals surface area contributed by atoms with Gasteiger partial charge in [0, 0.05) is 12.5 Å². The van der Waals surface area contributed by atoms with Gasteiger partial charge in [-0.1, -0.05) is 12.1 Å². The number of carbonyl (C=O) groups excluding carboxylic acids is 1. The van der Waals surface area contributed by atoms with Crippen LogP contribution in [-0.4, -0.2) is 11.9 Å². The predicted molar refractivity (Wildman–Crippen MR) is 74.3 cm³/mol. The lowest BCUT2D eigenvalue weighted by Crippen LogP contribution is -2.28. The second-order valence-electron chi connectivity index (χ2n) is 5.19. The third-order valence-electron chi connectivity index (χ3n) is 3.69. The molecule has 19 heavy (non-hydrogen) atoms. The zero-order valence-corrected chi connectivity index (χ0v) is 10.9. The van der Waals surface area contributed by atoms with Crippen LogP contribution in [0.25, 0.3) is 0 Å². The summed E-state index contributed by atoms with van der Waals surface area (Å²) in [5, 5.41) is 11.8. The molecule has 1 saturated carbocycles. The Morgan fingerprint density at radius 3 is 2.68 bits per heavy atom. The lowest BCUT2D eigenvalue weighted by molar-refractivity contribution is -0.117. The maximum absolute atomic E-state index is 12.0. The van der Waals surface area contributed by atoms with Gasteiger partial charge in [0.2, 0.25) is 5.91 Å². The highest BCUT2D eigenvalue weighted by molar-refractivity contribution is 5.92. The Labute approximate surface area is 113 Å².